The molecule has 0 unspecified atom stereocenters. The largest absolute Gasteiger partial charge is 0.390 e. The number of hydrogen-bond donors (Lipinski definition) is 1. The van der Waals surface area contributed by atoms with Gasteiger partial charge in [0.05, 0.1) is 60.0 Å². The summed E-state index contributed by atoms with van der Waals surface area (Å²) >= 11 is 0. The summed E-state index contributed by atoms with van der Waals surface area (Å²) < 4.78 is 72.6. The van der Waals surface area contributed by atoms with Crippen molar-refractivity contribution in [1.29, 1.82) is 0 Å². The van der Waals surface area contributed by atoms with Crippen molar-refractivity contribution in [3.05, 3.63) is 47.8 Å². The third-order valence-electron chi connectivity index (χ3n) is 6.97. The van der Waals surface area contributed by atoms with Crippen molar-refractivity contribution in [2.75, 3.05) is 74.1 Å². The van der Waals surface area contributed by atoms with Crippen LogP contribution in [-0.4, -0.2) is 80.1 Å². The molecule has 0 aliphatic carbocycles. The molecule has 38 heavy (non-hydrogen) atoms. The number of nitrogens with zero attached hydrogens (tertiary/aromatic N) is 5. The first-order valence-electron chi connectivity index (χ1n) is 12.6. The van der Waals surface area contributed by atoms with E-state index in [0.29, 0.717) is 62.1 Å². The van der Waals surface area contributed by atoms with Crippen molar-refractivity contribution in [1.82, 2.24) is 14.9 Å². The molecule has 2 fully saturated rings. The molecule has 0 saturated carbocycles. The van der Waals surface area contributed by atoms with Gasteiger partial charge < -0.3 is 19.9 Å². The first kappa shape index (κ1) is 26.4. The summed E-state index contributed by atoms with van der Waals surface area (Å²) in [6.45, 7) is 6.21. The molecule has 0 bridgehead atoms. The number of hydrogen-bond acceptors (Lipinski definition) is 7. The lowest BCUT2D eigenvalue weighted by atomic mass is 10.1. The fourth-order valence-electron chi connectivity index (χ4n) is 4.96. The zero-order chi connectivity index (χ0) is 26.9. The van der Waals surface area contributed by atoms with Gasteiger partial charge in [0.1, 0.15) is 17.5 Å². The molecule has 0 atom stereocenters. The predicted molar refractivity (Wildman–Crippen MR) is 136 cm³/mol. The van der Waals surface area contributed by atoms with E-state index in [0.717, 1.165) is 24.8 Å². The Labute approximate surface area is 217 Å². The Balaban J connectivity index is 1.45. The predicted octanol–water partition coefficient (Wildman–Crippen LogP) is 4.87. The number of morpholine rings is 1. The number of halogens is 5. The topological polar surface area (TPSA) is 56.8 Å². The highest BCUT2D eigenvalue weighted by molar-refractivity contribution is 5.97. The Morgan fingerprint density at radius 1 is 0.947 bits per heavy atom. The molecule has 0 radical (unpaired) electrons. The normalized spacial score (nSPS) is 17.3. The van der Waals surface area contributed by atoms with Crippen molar-refractivity contribution in [2.45, 2.75) is 19.5 Å². The van der Waals surface area contributed by atoms with E-state index >= 15 is 4.39 Å². The Bertz CT molecular complexity index is 1290. The molecule has 2 aromatic heterocycles. The lowest BCUT2D eigenvalue weighted by Crippen LogP contribution is -2.47. The zero-order valence-electron chi connectivity index (χ0n) is 21.0. The highest BCUT2D eigenvalue weighted by Crippen LogP contribution is 2.37. The molecule has 2 saturated heterocycles. The van der Waals surface area contributed by atoms with Crippen molar-refractivity contribution >= 4 is 33.8 Å². The number of anilines is 4. The maximum atomic E-state index is 15.1. The zero-order valence-corrected chi connectivity index (χ0v) is 21.0. The third kappa shape index (κ3) is 5.91. The molecular formula is C26H29F5N6O. The Morgan fingerprint density at radius 2 is 1.68 bits per heavy atom. The smallest absolute Gasteiger partial charge is 0.378 e. The van der Waals surface area contributed by atoms with Gasteiger partial charge in [-0.3, -0.25) is 9.88 Å². The minimum atomic E-state index is -4.20. The fraction of sp³-hybridized carbons (Fsp3) is 0.462. The summed E-state index contributed by atoms with van der Waals surface area (Å²) in [5.74, 6) is -0.937. The average molecular weight is 537 g/mol. The van der Waals surface area contributed by atoms with Crippen LogP contribution < -0.4 is 15.1 Å². The molecule has 2 aliphatic heterocycles. The van der Waals surface area contributed by atoms with Crippen LogP contribution >= 0.6 is 0 Å². The molecule has 1 aromatic carbocycles. The molecule has 12 heteroatoms. The number of alkyl halides is 3. The van der Waals surface area contributed by atoms with E-state index in [1.54, 1.807) is 17.3 Å². The maximum absolute atomic E-state index is 15.1. The van der Waals surface area contributed by atoms with Crippen LogP contribution in [-0.2, 0) is 4.74 Å². The fourth-order valence-corrected chi connectivity index (χ4v) is 4.96. The summed E-state index contributed by atoms with van der Waals surface area (Å²) in [5, 5.41) is 3.46. The molecule has 3 aromatic rings. The van der Waals surface area contributed by atoms with E-state index in [-0.39, 0.29) is 17.4 Å². The van der Waals surface area contributed by atoms with E-state index in [2.05, 4.69) is 20.2 Å². The third-order valence-corrected chi connectivity index (χ3v) is 6.97. The second-order valence-corrected chi connectivity index (χ2v) is 9.57. The van der Waals surface area contributed by atoms with Crippen molar-refractivity contribution in [3.8, 4) is 0 Å². The summed E-state index contributed by atoms with van der Waals surface area (Å²) in [5.41, 5.74) is 2.79. The first-order valence-corrected chi connectivity index (χ1v) is 12.6. The SMILES string of the molecule is Cc1c(N2CCN(CCC(F)(F)F)CC2)nc2cc(F)cc(F)c2c1Nc1cncc(N2CCOCC2)c1. The van der Waals surface area contributed by atoms with Crippen LogP contribution in [0.2, 0.25) is 0 Å². The number of pyridine rings is 2. The molecule has 1 N–H and O–H groups in total. The number of nitrogens with one attached hydrogen (secondary N) is 1. The lowest BCUT2D eigenvalue weighted by Gasteiger charge is -2.36. The Hall–Kier alpha value is -3.25. The second-order valence-electron chi connectivity index (χ2n) is 9.57. The first-order chi connectivity index (χ1) is 18.2. The van der Waals surface area contributed by atoms with Crippen molar-refractivity contribution in [2.24, 2.45) is 0 Å². The maximum Gasteiger partial charge on any atom is 0.390 e. The number of ether oxygens (including phenoxy) is 1. The minimum Gasteiger partial charge on any atom is -0.378 e. The van der Waals surface area contributed by atoms with Crippen LogP contribution in [0.5, 0.6) is 0 Å². The molecular weight excluding hydrogens is 507 g/mol. The van der Waals surface area contributed by atoms with E-state index in [4.69, 9.17) is 4.74 Å². The highest BCUT2D eigenvalue weighted by atomic mass is 19.4. The van der Waals surface area contributed by atoms with Crippen LogP contribution in [0.4, 0.5) is 44.8 Å². The number of benzene rings is 1. The van der Waals surface area contributed by atoms with E-state index in [1.165, 1.54) is 6.07 Å². The molecule has 2 aliphatic rings. The monoisotopic (exact) mass is 536 g/mol. The molecule has 204 valence electrons. The lowest BCUT2D eigenvalue weighted by molar-refractivity contribution is -0.138. The van der Waals surface area contributed by atoms with Crippen LogP contribution in [0.3, 0.4) is 0 Å². The van der Waals surface area contributed by atoms with E-state index < -0.39 is 24.2 Å². The van der Waals surface area contributed by atoms with Gasteiger partial charge in [-0.1, -0.05) is 0 Å². The molecule has 0 spiro atoms. The van der Waals surface area contributed by atoms with Gasteiger partial charge in [-0.15, -0.1) is 0 Å². The Kier molecular flexibility index (Phi) is 7.53. The minimum absolute atomic E-state index is 0.0584. The standard InChI is InChI=1S/C26H29F5N6O/c1-17-24(33-19-14-20(16-32-15-19)36-8-10-38-11-9-36)23-21(28)12-18(27)13-22(23)34-25(17)37-6-4-35(5-7-37)3-2-26(29,30)31/h12-16H,2-11H2,1H3,(H,33,34). The van der Waals surface area contributed by atoms with Gasteiger partial charge in [0.15, 0.2) is 0 Å². The van der Waals surface area contributed by atoms with E-state index in [1.807, 2.05) is 17.9 Å². The van der Waals surface area contributed by atoms with Crippen LogP contribution in [0.15, 0.2) is 30.6 Å². The average Bonchev–Trinajstić information content (AvgIpc) is 2.89. The Morgan fingerprint density at radius 3 is 2.39 bits per heavy atom. The molecule has 5 rings (SSSR count). The number of aromatic nitrogens is 2. The summed E-state index contributed by atoms with van der Waals surface area (Å²) in [7, 11) is 0. The number of rotatable bonds is 6. The van der Waals surface area contributed by atoms with Gasteiger partial charge in [-0.05, 0) is 13.0 Å². The van der Waals surface area contributed by atoms with E-state index in [9.17, 15) is 17.6 Å². The van der Waals surface area contributed by atoms with Gasteiger partial charge in [-0.2, -0.15) is 13.2 Å². The van der Waals surface area contributed by atoms with Gasteiger partial charge in [-0.25, -0.2) is 13.8 Å². The molecule has 0 amide bonds. The van der Waals surface area contributed by atoms with Gasteiger partial charge in [0.25, 0.3) is 0 Å². The summed E-state index contributed by atoms with van der Waals surface area (Å²) in [6, 6.07) is 3.94. The molecule has 4 heterocycles. The molecule has 7 nitrogen and oxygen atoms in total. The van der Waals surface area contributed by atoms with Gasteiger partial charge in [0.2, 0.25) is 0 Å². The van der Waals surface area contributed by atoms with Crippen molar-refractivity contribution < 1.29 is 26.7 Å². The summed E-state index contributed by atoms with van der Waals surface area (Å²) in [6.07, 6.45) is -1.66. The number of piperazine rings is 1. The quantitative estimate of drug-likeness (QED) is 0.451. The van der Waals surface area contributed by atoms with Gasteiger partial charge in [0, 0.05) is 63.5 Å². The van der Waals surface area contributed by atoms with Crippen LogP contribution in [0, 0.1) is 18.6 Å². The number of fused-ring (bicyclic) bond motifs is 1. The summed E-state index contributed by atoms with van der Waals surface area (Å²) in [4.78, 5) is 14.8. The highest BCUT2D eigenvalue weighted by Gasteiger charge is 2.29. The van der Waals surface area contributed by atoms with Crippen LogP contribution in [0.25, 0.3) is 10.9 Å². The second kappa shape index (κ2) is 10.9. The van der Waals surface area contributed by atoms with Crippen LogP contribution in [0.1, 0.15) is 12.0 Å². The van der Waals surface area contributed by atoms with Crippen molar-refractivity contribution in [3.63, 3.8) is 0 Å². The van der Waals surface area contributed by atoms with Gasteiger partial charge >= 0.3 is 6.18 Å².